The summed E-state index contributed by atoms with van der Waals surface area (Å²) in [7, 11) is 0. The summed E-state index contributed by atoms with van der Waals surface area (Å²) >= 11 is 0. The van der Waals surface area contributed by atoms with Crippen molar-refractivity contribution in [2.24, 2.45) is 0 Å². The Bertz CT molecular complexity index is 858. The minimum atomic E-state index is -0.0821. The van der Waals surface area contributed by atoms with Crippen LogP contribution in [0.4, 0.5) is 5.69 Å². The van der Waals surface area contributed by atoms with E-state index in [0.717, 1.165) is 50.4 Å². The van der Waals surface area contributed by atoms with Crippen LogP contribution in [0.3, 0.4) is 0 Å². The average molecular weight is 364 g/mol. The predicted octanol–water partition coefficient (Wildman–Crippen LogP) is 1.65. The molecule has 0 radical (unpaired) electrons. The molecule has 3 heterocycles. The van der Waals surface area contributed by atoms with Gasteiger partial charge in [0, 0.05) is 37.4 Å². The number of carbonyl (C=O) groups excluding carboxylic acids is 1. The van der Waals surface area contributed by atoms with Gasteiger partial charge in [0.1, 0.15) is 0 Å². The molecule has 27 heavy (non-hydrogen) atoms. The number of carbonyl (C=O) groups is 1. The molecule has 2 aliphatic rings. The van der Waals surface area contributed by atoms with E-state index in [1.165, 1.54) is 0 Å². The summed E-state index contributed by atoms with van der Waals surface area (Å²) in [6, 6.07) is 12.2. The van der Waals surface area contributed by atoms with Crippen molar-refractivity contribution in [2.45, 2.75) is 44.9 Å². The molecule has 2 aromatic rings. The number of nitrogens with zero attached hydrogens (tertiary/aromatic N) is 4. The zero-order valence-electron chi connectivity index (χ0n) is 15.5. The Hall–Kier alpha value is -2.85. The topological polar surface area (TPSA) is 86.0 Å². The maximum absolute atomic E-state index is 12.6. The highest BCUT2D eigenvalue weighted by atomic mass is 16.2. The van der Waals surface area contributed by atoms with Gasteiger partial charge >= 0.3 is 0 Å². The SMILES string of the molecule is CC1Cn2nc(C(=O)NC3CCN(c4ccc(C#N)cc4)CC3)cc2CN1. The first-order valence-electron chi connectivity index (χ1n) is 9.48. The second kappa shape index (κ2) is 7.41. The Kier molecular flexibility index (Phi) is 4.82. The molecule has 0 bridgehead atoms. The third-order valence-electron chi connectivity index (χ3n) is 5.37. The molecule has 1 aromatic carbocycles. The molecule has 0 spiro atoms. The summed E-state index contributed by atoms with van der Waals surface area (Å²) in [5, 5.41) is 19.9. The highest BCUT2D eigenvalue weighted by molar-refractivity contribution is 5.92. The Morgan fingerprint density at radius 2 is 2.04 bits per heavy atom. The molecule has 7 heteroatoms. The lowest BCUT2D eigenvalue weighted by atomic mass is 10.0. The van der Waals surface area contributed by atoms with Gasteiger partial charge in [-0.1, -0.05) is 0 Å². The monoisotopic (exact) mass is 364 g/mol. The van der Waals surface area contributed by atoms with Crippen LogP contribution in [0, 0.1) is 11.3 Å². The average Bonchev–Trinajstić information content (AvgIpc) is 3.12. The van der Waals surface area contributed by atoms with Gasteiger partial charge in [0.2, 0.25) is 0 Å². The van der Waals surface area contributed by atoms with Gasteiger partial charge in [0.15, 0.2) is 5.69 Å². The van der Waals surface area contributed by atoms with E-state index in [9.17, 15) is 4.79 Å². The standard InChI is InChI=1S/C20H24N6O/c1-14-13-26-18(12-22-14)10-19(24-26)20(27)23-16-6-8-25(9-7-16)17-4-2-15(11-21)3-5-17/h2-5,10,14,16,22H,6-9,12-13H2,1H3,(H,23,27). The number of benzene rings is 1. The fourth-order valence-electron chi connectivity index (χ4n) is 3.76. The fraction of sp³-hybridized carbons (Fsp3) is 0.450. The van der Waals surface area contributed by atoms with Gasteiger partial charge in [-0.25, -0.2) is 0 Å². The first kappa shape index (κ1) is 17.6. The lowest BCUT2D eigenvalue weighted by molar-refractivity contribution is 0.0925. The number of nitriles is 1. The molecule has 0 saturated carbocycles. The molecule has 1 unspecified atom stereocenters. The van der Waals surface area contributed by atoms with Crippen LogP contribution < -0.4 is 15.5 Å². The molecule has 1 amide bonds. The summed E-state index contributed by atoms with van der Waals surface area (Å²) in [5.74, 6) is -0.0821. The summed E-state index contributed by atoms with van der Waals surface area (Å²) in [5.41, 5.74) is 3.37. The number of hydrogen-bond donors (Lipinski definition) is 2. The highest BCUT2D eigenvalue weighted by Gasteiger charge is 2.24. The largest absolute Gasteiger partial charge is 0.371 e. The Morgan fingerprint density at radius 3 is 2.74 bits per heavy atom. The van der Waals surface area contributed by atoms with Crippen molar-refractivity contribution in [3.63, 3.8) is 0 Å². The van der Waals surface area contributed by atoms with Crippen LogP contribution >= 0.6 is 0 Å². The number of fused-ring (bicyclic) bond motifs is 1. The van der Waals surface area contributed by atoms with Gasteiger partial charge in [-0.05, 0) is 50.1 Å². The lowest BCUT2D eigenvalue weighted by Crippen LogP contribution is -2.44. The molecule has 1 fully saturated rings. The van der Waals surface area contributed by atoms with E-state index in [4.69, 9.17) is 5.26 Å². The predicted molar refractivity (Wildman–Crippen MR) is 102 cm³/mol. The number of piperidine rings is 1. The van der Waals surface area contributed by atoms with Crippen molar-refractivity contribution in [3.8, 4) is 6.07 Å². The van der Waals surface area contributed by atoms with Crippen LogP contribution in [0.25, 0.3) is 0 Å². The third-order valence-corrected chi connectivity index (χ3v) is 5.37. The fourth-order valence-corrected chi connectivity index (χ4v) is 3.76. The van der Waals surface area contributed by atoms with Crippen LogP contribution in [0.5, 0.6) is 0 Å². The van der Waals surface area contributed by atoms with E-state index in [0.29, 0.717) is 17.3 Å². The number of nitrogens with one attached hydrogen (secondary N) is 2. The Morgan fingerprint density at radius 1 is 1.30 bits per heavy atom. The molecule has 1 atom stereocenters. The smallest absolute Gasteiger partial charge is 0.272 e. The van der Waals surface area contributed by atoms with E-state index >= 15 is 0 Å². The van der Waals surface area contributed by atoms with Crippen molar-refractivity contribution < 1.29 is 4.79 Å². The summed E-state index contributed by atoms with van der Waals surface area (Å²) in [4.78, 5) is 14.9. The molecule has 140 valence electrons. The molecule has 1 saturated heterocycles. The number of rotatable bonds is 3. The normalized spacial score (nSPS) is 20.0. The maximum atomic E-state index is 12.6. The molecule has 1 aromatic heterocycles. The quantitative estimate of drug-likeness (QED) is 0.865. The van der Waals surface area contributed by atoms with Gasteiger partial charge in [-0.3, -0.25) is 9.48 Å². The first-order valence-corrected chi connectivity index (χ1v) is 9.48. The number of amides is 1. The van der Waals surface area contributed by atoms with Crippen LogP contribution in [-0.4, -0.2) is 40.9 Å². The molecular formula is C20H24N6O. The van der Waals surface area contributed by atoms with Gasteiger partial charge in [-0.2, -0.15) is 10.4 Å². The van der Waals surface area contributed by atoms with Crippen molar-refractivity contribution in [3.05, 3.63) is 47.3 Å². The number of aromatic nitrogens is 2. The van der Waals surface area contributed by atoms with E-state index in [-0.39, 0.29) is 11.9 Å². The van der Waals surface area contributed by atoms with E-state index in [1.807, 2.05) is 35.0 Å². The van der Waals surface area contributed by atoms with Gasteiger partial charge in [0.25, 0.3) is 5.91 Å². The minimum absolute atomic E-state index is 0.0821. The van der Waals surface area contributed by atoms with Crippen molar-refractivity contribution in [2.75, 3.05) is 18.0 Å². The van der Waals surface area contributed by atoms with Crippen LogP contribution in [0.15, 0.2) is 30.3 Å². The van der Waals surface area contributed by atoms with Crippen LogP contribution in [-0.2, 0) is 13.1 Å². The minimum Gasteiger partial charge on any atom is -0.371 e. The summed E-state index contributed by atoms with van der Waals surface area (Å²) in [6.45, 7) is 5.44. The Balaban J connectivity index is 1.32. The summed E-state index contributed by atoms with van der Waals surface area (Å²) in [6.07, 6.45) is 1.80. The van der Waals surface area contributed by atoms with Gasteiger partial charge < -0.3 is 15.5 Å². The molecular weight excluding hydrogens is 340 g/mol. The van der Waals surface area contributed by atoms with Gasteiger partial charge in [0.05, 0.1) is 23.9 Å². The summed E-state index contributed by atoms with van der Waals surface area (Å²) < 4.78 is 1.93. The van der Waals surface area contributed by atoms with E-state index < -0.39 is 0 Å². The second-order valence-corrected chi connectivity index (χ2v) is 7.38. The Labute approximate surface area is 159 Å². The second-order valence-electron chi connectivity index (χ2n) is 7.38. The molecule has 2 N–H and O–H groups in total. The van der Waals surface area contributed by atoms with Crippen molar-refractivity contribution >= 4 is 11.6 Å². The van der Waals surface area contributed by atoms with Gasteiger partial charge in [-0.15, -0.1) is 0 Å². The highest BCUT2D eigenvalue weighted by Crippen LogP contribution is 2.21. The number of hydrogen-bond acceptors (Lipinski definition) is 5. The molecule has 2 aliphatic heterocycles. The zero-order valence-corrected chi connectivity index (χ0v) is 15.5. The van der Waals surface area contributed by atoms with E-state index in [2.05, 4.69) is 33.6 Å². The maximum Gasteiger partial charge on any atom is 0.272 e. The first-order chi connectivity index (χ1) is 13.1. The molecule has 0 aliphatic carbocycles. The van der Waals surface area contributed by atoms with E-state index in [1.54, 1.807) is 0 Å². The number of anilines is 1. The van der Waals surface area contributed by atoms with Crippen LogP contribution in [0.2, 0.25) is 0 Å². The lowest BCUT2D eigenvalue weighted by Gasteiger charge is -2.33. The van der Waals surface area contributed by atoms with Crippen molar-refractivity contribution in [1.82, 2.24) is 20.4 Å². The van der Waals surface area contributed by atoms with Crippen LogP contribution in [0.1, 0.15) is 41.5 Å². The molecule has 4 rings (SSSR count). The molecule has 7 nitrogen and oxygen atoms in total. The van der Waals surface area contributed by atoms with Crippen molar-refractivity contribution in [1.29, 1.82) is 5.26 Å². The zero-order chi connectivity index (χ0) is 18.8. The third kappa shape index (κ3) is 3.81.